The van der Waals surface area contributed by atoms with Gasteiger partial charge >= 0.3 is 7.62 Å². The lowest BCUT2D eigenvalue weighted by molar-refractivity contribution is 0.417. The Kier molecular flexibility index (Phi) is 5.62. The van der Waals surface area contributed by atoms with Gasteiger partial charge in [-0.15, -0.1) is 0 Å². The van der Waals surface area contributed by atoms with Gasteiger partial charge in [0.15, 0.2) is 0 Å². The molecule has 1 atom stereocenters. The van der Waals surface area contributed by atoms with Gasteiger partial charge in [-0.3, -0.25) is 0 Å². The summed E-state index contributed by atoms with van der Waals surface area (Å²) in [4.78, 5) is 0. The fourth-order valence-corrected chi connectivity index (χ4v) is 1.61. The predicted molar refractivity (Wildman–Crippen MR) is 66.2 cm³/mol. The van der Waals surface area contributed by atoms with E-state index in [1.807, 2.05) is 18.2 Å². The first-order valence-corrected chi connectivity index (χ1v) is 5.51. The van der Waals surface area contributed by atoms with Crippen molar-refractivity contribution in [1.82, 2.24) is 5.23 Å². The molecule has 1 unspecified atom stereocenters. The molecule has 1 aromatic rings. The number of nitrogens with zero attached hydrogens (tertiary/aromatic N) is 1. The minimum atomic E-state index is 0.397. The second kappa shape index (κ2) is 7.05. The van der Waals surface area contributed by atoms with Crippen LogP contribution in [0.25, 0.3) is 0 Å². The number of hydrogen-bond donors (Lipinski definition) is 1. The molecule has 0 bridgehead atoms. The van der Waals surface area contributed by atoms with E-state index < -0.39 is 0 Å². The maximum atomic E-state index is 8.81. The van der Waals surface area contributed by atoms with E-state index in [0.717, 1.165) is 18.4 Å². The highest BCUT2D eigenvalue weighted by molar-refractivity contribution is 6.23. The summed E-state index contributed by atoms with van der Waals surface area (Å²) in [5, 5.41) is 12.1. The fraction of sp³-hybridized carbons (Fsp3) is 0.417. The highest BCUT2D eigenvalue weighted by Crippen LogP contribution is 2.08. The monoisotopic (exact) mass is 216 g/mol. The predicted octanol–water partition coefficient (Wildman–Crippen LogP) is 1.38. The molecule has 84 valence electrons. The minimum absolute atomic E-state index is 0.397. The number of benzene rings is 1. The van der Waals surface area contributed by atoms with Crippen molar-refractivity contribution >= 4 is 7.62 Å². The van der Waals surface area contributed by atoms with Crippen molar-refractivity contribution in [2.75, 3.05) is 7.11 Å². The van der Waals surface area contributed by atoms with Gasteiger partial charge in [0, 0.05) is 13.2 Å². The zero-order chi connectivity index (χ0) is 11.8. The van der Waals surface area contributed by atoms with E-state index in [9.17, 15) is 0 Å². The number of rotatable bonds is 6. The second-order valence-electron chi connectivity index (χ2n) is 3.76. The Bertz CT molecular complexity index is 362. The zero-order valence-corrected chi connectivity index (χ0v) is 9.86. The number of nitriles is 1. The molecule has 1 aromatic carbocycles. The third kappa shape index (κ3) is 4.05. The lowest BCUT2D eigenvalue weighted by Crippen LogP contribution is -2.34. The van der Waals surface area contributed by atoms with Crippen LogP contribution in [0, 0.1) is 11.3 Å². The molecule has 0 aliphatic rings. The molecule has 16 heavy (non-hydrogen) atoms. The Morgan fingerprint density at radius 3 is 3.00 bits per heavy atom. The van der Waals surface area contributed by atoms with E-state index in [-0.39, 0.29) is 0 Å². The van der Waals surface area contributed by atoms with Gasteiger partial charge in [-0.1, -0.05) is 19.1 Å². The first kappa shape index (κ1) is 12.8. The molecule has 0 aliphatic heterocycles. The first-order chi connectivity index (χ1) is 7.80. The second-order valence-corrected chi connectivity index (χ2v) is 3.76. The summed E-state index contributed by atoms with van der Waals surface area (Å²) in [5.74, 6) is 0. The van der Waals surface area contributed by atoms with Crippen LogP contribution in [-0.4, -0.2) is 20.8 Å². The molecule has 4 heteroatoms. The van der Waals surface area contributed by atoms with Gasteiger partial charge in [0.25, 0.3) is 0 Å². The summed E-state index contributed by atoms with van der Waals surface area (Å²) in [6.45, 7) is 2.14. The third-order valence-corrected chi connectivity index (χ3v) is 2.55. The van der Waals surface area contributed by atoms with Crippen molar-refractivity contribution in [1.29, 1.82) is 5.26 Å². The Morgan fingerprint density at radius 2 is 2.38 bits per heavy atom. The third-order valence-electron chi connectivity index (χ3n) is 2.55. The zero-order valence-electron chi connectivity index (χ0n) is 9.86. The smallest absolute Gasteiger partial charge is 0.360 e. The van der Waals surface area contributed by atoms with Crippen LogP contribution in [0.4, 0.5) is 0 Å². The van der Waals surface area contributed by atoms with Gasteiger partial charge in [-0.2, -0.15) is 5.26 Å². The van der Waals surface area contributed by atoms with Crippen LogP contribution in [0.5, 0.6) is 0 Å². The molecule has 0 amide bonds. The molecule has 0 spiro atoms. The van der Waals surface area contributed by atoms with E-state index in [1.165, 1.54) is 5.56 Å². The Labute approximate surface area is 97.7 Å². The van der Waals surface area contributed by atoms with Gasteiger partial charge in [-0.05, 0) is 30.5 Å². The molecular formula is C12H17BN2O. The van der Waals surface area contributed by atoms with Crippen LogP contribution < -0.4 is 5.23 Å². The van der Waals surface area contributed by atoms with Crippen molar-refractivity contribution in [3.8, 4) is 6.07 Å². The largest absolute Gasteiger partial charge is 0.427 e. The molecule has 0 saturated carbocycles. The van der Waals surface area contributed by atoms with Gasteiger partial charge < -0.3 is 9.88 Å². The molecule has 0 radical (unpaired) electrons. The Morgan fingerprint density at radius 1 is 1.56 bits per heavy atom. The average molecular weight is 216 g/mol. The maximum absolute atomic E-state index is 8.81. The Balaban J connectivity index is 2.59. The van der Waals surface area contributed by atoms with Crippen LogP contribution in [0.15, 0.2) is 24.3 Å². The van der Waals surface area contributed by atoms with Crippen molar-refractivity contribution in [3.05, 3.63) is 35.4 Å². The highest BCUT2D eigenvalue weighted by atomic mass is 16.4. The fourth-order valence-electron chi connectivity index (χ4n) is 1.61. The normalized spacial score (nSPS) is 11.8. The van der Waals surface area contributed by atoms with Crippen LogP contribution >= 0.6 is 0 Å². The molecule has 0 aliphatic carbocycles. The molecule has 1 N–H and O–H groups in total. The lowest BCUT2D eigenvalue weighted by atomic mass is 10.00. The van der Waals surface area contributed by atoms with Gasteiger partial charge in [-0.25, -0.2) is 0 Å². The SMILES string of the molecule is CCC(Cc1cccc(C#N)c1)NBOC. The van der Waals surface area contributed by atoms with Gasteiger partial charge in [0.05, 0.1) is 11.6 Å². The summed E-state index contributed by atoms with van der Waals surface area (Å²) in [6, 6.07) is 10.3. The van der Waals surface area contributed by atoms with E-state index in [1.54, 1.807) is 7.11 Å². The summed E-state index contributed by atoms with van der Waals surface area (Å²) < 4.78 is 4.99. The highest BCUT2D eigenvalue weighted by Gasteiger charge is 2.07. The maximum Gasteiger partial charge on any atom is 0.360 e. The van der Waals surface area contributed by atoms with Crippen molar-refractivity contribution in [2.45, 2.75) is 25.8 Å². The standard InChI is InChI=1S/C12H17BN2O/c1-3-12(15-13-16-2)8-10-5-4-6-11(7-10)9-14/h4-7,12-13,15H,3,8H2,1-2H3. The minimum Gasteiger partial charge on any atom is -0.427 e. The Hall–Kier alpha value is -1.31. The summed E-state index contributed by atoms with van der Waals surface area (Å²) in [5.41, 5.74) is 1.91. The number of nitrogens with one attached hydrogen (secondary N) is 1. The van der Waals surface area contributed by atoms with E-state index in [4.69, 9.17) is 9.92 Å². The number of hydrogen-bond acceptors (Lipinski definition) is 3. The van der Waals surface area contributed by atoms with Crippen molar-refractivity contribution in [3.63, 3.8) is 0 Å². The summed E-state index contributed by atoms with van der Waals surface area (Å²) in [6.07, 6.45) is 1.97. The van der Waals surface area contributed by atoms with E-state index >= 15 is 0 Å². The van der Waals surface area contributed by atoms with Crippen LogP contribution in [0.2, 0.25) is 0 Å². The van der Waals surface area contributed by atoms with Crippen LogP contribution in [-0.2, 0) is 11.1 Å². The molecule has 0 fully saturated rings. The van der Waals surface area contributed by atoms with Gasteiger partial charge in [0.1, 0.15) is 0 Å². The first-order valence-electron chi connectivity index (χ1n) is 5.51. The molecule has 0 saturated heterocycles. The molecule has 0 heterocycles. The molecule has 3 nitrogen and oxygen atoms in total. The molecular weight excluding hydrogens is 199 g/mol. The lowest BCUT2D eigenvalue weighted by Gasteiger charge is -2.15. The summed E-state index contributed by atoms with van der Waals surface area (Å²) in [7, 11) is 2.24. The topological polar surface area (TPSA) is 45.0 Å². The van der Waals surface area contributed by atoms with Gasteiger partial charge in [0.2, 0.25) is 0 Å². The average Bonchev–Trinajstić information content (AvgIpc) is 2.34. The van der Waals surface area contributed by atoms with Crippen LogP contribution in [0.3, 0.4) is 0 Å². The summed E-state index contributed by atoms with van der Waals surface area (Å²) >= 11 is 0. The van der Waals surface area contributed by atoms with Crippen LogP contribution in [0.1, 0.15) is 24.5 Å². The molecule has 1 rings (SSSR count). The van der Waals surface area contributed by atoms with Crippen molar-refractivity contribution in [2.24, 2.45) is 0 Å². The van der Waals surface area contributed by atoms with Crippen molar-refractivity contribution < 1.29 is 4.65 Å². The van der Waals surface area contributed by atoms with E-state index in [2.05, 4.69) is 24.3 Å². The molecule has 0 aromatic heterocycles. The quantitative estimate of drug-likeness (QED) is 0.730. The van der Waals surface area contributed by atoms with E-state index in [0.29, 0.717) is 13.7 Å².